The van der Waals surface area contributed by atoms with Crippen molar-refractivity contribution in [3.63, 3.8) is 0 Å². The van der Waals surface area contributed by atoms with Gasteiger partial charge in [0.15, 0.2) is 0 Å². The molecule has 1 amide bonds. The number of nitrogens with one attached hydrogen (secondary N) is 2. The third-order valence-electron chi connectivity index (χ3n) is 2.98. The molecule has 2 N–H and O–H groups in total. The molecule has 110 valence electrons. The van der Waals surface area contributed by atoms with Crippen molar-refractivity contribution in [2.45, 2.75) is 19.8 Å². The highest BCUT2D eigenvalue weighted by atomic mass is 35.5. The Morgan fingerprint density at radius 1 is 1.29 bits per heavy atom. The number of halogens is 1. The van der Waals surface area contributed by atoms with Gasteiger partial charge in [-0.3, -0.25) is 4.79 Å². The lowest BCUT2D eigenvalue weighted by atomic mass is 10.1. The molecule has 2 rings (SSSR count). The van der Waals surface area contributed by atoms with Crippen LogP contribution in [0, 0.1) is 0 Å². The largest absolute Gasteiger partial charge is 0.383 e. The Hall–Kier alpha value is -2.07. The number of pyridine rings is 1. The molecule has 0 saturated heterocycles. The molecule has 5 heteroatoms. The topological polar surface area (TPSA) is 54.0 Å². The quantitative estimate of drug-likeness (QED) is 0.855. The van der Waals surface area contributed by atoms with Crippen molar-refractivity contribution in [1.82, 2.24) is 4.98 Å². The minimum atomic E-state index is -0.0378. The first-order valence-electron chi connectivity index (χ1n) is 6.91. The molecule has 0 aliphatic carbocycles. The lowest BCUT2D eigenvalue weighted by molar-refractivity contribution is -0.115. The molecule has 0 saturated carbocycles. The summed E-state index contributed by atoms with van der Waals surface area (Å²) in [4.78, 5) is 15.4. The van der Waals surface area contributed by atoms with Crippen molar-refractivity contribution in [2.75, 3.05) is 17.2 Å². The monoisotopic (exact) mass is 303 g/mol. The molecule has 0 atom stereocenters. The van der Waals surface area contributed by atoms with Crippen LogP contribution in [0.1, 0.15) is 18.9 Å². The van der Waals surface area contributed by atoms with Gasteiger partial charge in [-0.2, -0.15) is 0 Å². The lowest BCUT2D eigenvalue weighted by Gasteiger charge is -2.08. The van der Waals surface area contributed by atoms with Crippen molar-refractivity contribution >= 4 is 29.0 Å². The number of hydrogen-bond acceptors (Lipinski definition) is 3. The number of benzene rings is 1. The maximum atomic E-state index is 11.2. The van der Waals surface area contributed by atoms with Crippen LogP contribution >= 0.6 is 11.6 Å². The fourth-order valence-electron chi connectivity index (χ4n) is 1.85. The molecule has 1 aromatic heterocycles. The van der Waals surface area contributed by atoms with E-state index in [1.54, 1.807) is 19.2 Å². The van der Waals surface area contributed by atoms with Crippen LogP contribution in [-0.4, -0.2) is 17.4 Å². The van der Waals surface area contributed by atoms with E-state index in [9.17, 15) is 4.79 Å². The van der Waals surface area contributed by atoms with Gasteiger partial charge in [0, 0.05) is 18.0 Å². The first-order chi connectivity index (χ1) is 10.2. The van der Waals surface area contributed by atoms with Crippen LogP contribution in [0.25, 0.3) is 0 Å². The first-order valence-corrected chi connectivity index (χ1v) is 7.29. The molecule has 1 heterocycles. The summed E-state index contributed by atoms with van der Waals surface area (Å²) < 4.78 is 0. The zero-order valence-electron chi connectivity index (χ0n) is 11.9. The Morgan fingerprint density at radius 3 is 2.81 bits per heavy atom. The van der Waals surface area contributed by atoms with E-state index in [1.807, 2.05) is 24.3 Å². The summed E-state index contributed by atoms with van der Waals surface area (Å²) in [5, 5.41) is 6.76. The Kier molecular flexibility index (Phi) is 5.58. The highest BCUT2D eigenvalue weighted by Crippen LogP contribution is 2.13. The maximum absolute atomic E-state index is 11.2. The number of amides is 1. The van der Waals surface area contributed by atoms with Gasteiger partial charge in [-0.1, -0.05) is 30.7 Å². The number of carbonyl (C=O) groups is 1. The number of carbonyl (C=O) groups excluding carboxylic acids is 1. The first kappa shape index (κ1) is 15.3. The summed E-state index contributed by atoms with van der Waals surface area (Å²) in [6.45, 7) is 2.60. The normalized spacial score (nSPS) is 10.2. The minimum Gasteiger partial charge on any atom is -0.383 e. The number of hydrogen-bond donors (Lipinski definition) is 2. The van der Waals surface area contributed by atoms with E-state index >= 15 is 0 Å². The SMILES string of the molecule is CCC(=O)Nc1ccc(NCCc2cccc(Cl)c2)cn1. The number of aromatic nitrogens is 1. The van der Waals surface area contributed by atoms with Crippen LogP contribution < -0.4 is 10.6 Å². The molecule has 0 spiro atoms. The Balaban J connectivity index is 1.82. The molecule has 0 unspecified atom stereocenters. The van der Waals surface area contributed by atoms with Crippen LogP contribution in [0.4, 0.5) is 11.5 Å². The standard InChI is InChI=1S/C16H18ClN3O/c1-2-16(21)20-15-7-6-14(11-19-15)18-9-8-12-4-3-5-13(17)10-12/h3-7,10-11,18H,2,8-9H2,1H3,(H,19,20,21). The predicted octanol–water partition coefficient (Wildman–Crippen LogP) is 3.74. The van der Waals surface area contributed by atoms with Crippen molar-refractivity contribution in [1.29, 1.82) is 0 Å². The Morgan fingerprint density at radius 2 is 2.14 bits per heavy atom. The van der Waals surface area contributed by atoms with E-state index in [0.29, 0.717) is 12.2 Å². The highest BCUT2D eigenvalue weighted by Gasteiger charge is 2.00. The van der Waals surface area contributed by atoms with Gasteiger partial charge < -0.3 is 10.6 Å². The van der Waals surface area contributed by atoms with E-state index in [0.717, 1.165) is 23.7 Å². The highest BCUT2D eigenvalue weighted by molar-refractivity contribution is 6.30. The second-order valence-electron chi connectivity index (χ2n) is 4.64. The van der Waals surface area contributed by atoms with Gasteiger partial charge in [0.05, 0.1) is 11.9 Å². The van der Waals surface area contributed by atoms with E-state index in [1.165, 1.54) is 5.56 Å². The molecule has 0 fully saturated rings. The van der Waals surface area contributed by atoms with Crippen molar-refractivity contribution in [3.05, 3.63) is 53.2 Å². The summed E-state index contributed by atoms with van der Waals surface area (Å²) in [5.41, 5.74) is 2.11. The molecule has 0 radical (unpaired) electrons. The minimum absolute atomic E-state index is 0.0378. The molecule has 0 aliphatic heterocycles. The van der Waals surface area contributed by atoms with Crippen molar-refractivity contribution in [3.8, 4) is 0 Å². The van der Waals surface area contributed by atoms with E-state index < -0.39 is 0 Å². The van der Waals surface area contributed by atoms with E-state index in [-0.39, 0.29) is 5.91 Å². The molecular weight excluding hydrogens is 286 g/mol. The lowest BCUT2D eigenvalue weighted by Crippen LogP contribution is -2.11. The maximum Gasteiger partial charge on any atom is 0.225 e. The van der Waals surface area contributed by atoms with Crippen LogP contribution in [0.15, 0.2) is 42.6 Å². The summed E-state index contributed by atoms with van der Waals surface area (Å²) in [7, 11) is 0. The molecule has 21 heavy (non-hydrogen) atoms. The second kappa shape index (κ2) is 7.64. The zero-order valence-corrected chi connectivity index (χ0v) is 12.7. The van der Waals surface area contributed by atoms with Crippen LogP contribution in [0.2, 0.25) is 5.02 Å². The van der Waals surface area contributed by atoms with E-state index in [4.69, 9.17) is 11.6 Å². The van der Waals surface area contributed by atoms with Gasteiger partial charge in [0.1, 0.15) is 5.82 Å². The molecular formula is C16H18ClN3O. The number of anilines is 2. The van der Waals surface area contributed by atoms with Crippen molar-refractivity contribution < 1.29 is 4.79 Å². The summed E-state index contributed by atoms with van der Waals surface area (Å²) in [6, 6.07) is 11.5. The zero-order chi connectivity index (χ0) is 15.1. The van der Waals surface area contributed by atoms with Crippen LogP contribution in [0.3, 0.4) is 0 Å². The van der Waals surface area contributed by atoms with Gasteiger partial charge in [0.25, 0.3) is 0 Å². The fraction of sp³-hybridized carbons (Fsp3) is 0.250. The second-order valence-corrected chi connectivity index (χ2v) is 5.08. The fourth-order valence-corrected chi connectivity index (χ4v) is 2.06. The average Bonchev–Trinajstić information content (AvgIpc) is 2.49. The molecule has 0 aliphatic rings. The molecule has 2 aromatic rings. The molecule has 0 bridgehead atoms. The average molecular weight is 304 g/mol. The third-order valence-corrected chi connectivity index (χ3v) is 3.22. The summed E-state index contributed by atoms with van der Waals surface area (Å²) >= 11 is 5.95. The van der Waals surface area contributed by atoms with Crippen LogP contribution in [0.5, 0.6) is 0 Å². The molecule has 4 nitrogen and oxygen atoms in total. The summed E-state index contributed by atoms with van der Waals surface area (Å²) in [6.07, 6.45) is 3.04. The molecule has 1 aromatic carbocycles. The van der Waals surface area contributed by atoms with Gasteiger partial charge >= 0.3 is 0 Å². The van der Waals surface area contributed by atoms with E-state index in [2.05, 4.69) is 21.7 Å². The Labute approximate surface area is 129 Å². The number of nitrogens with zero attached hydrogens (tertiary/aromatic N) is 1. The third kappa shape index (κ3) is 5.08. The Bertz CT molecular complexity index is 599. The summed E-state index contributed by atoms with van der Waals surface area (Å²) in [5.74, 6) is 0.534. The van der Waals surface area contributed by atoms with Gasteiger partial charge in [-0.15, -0.1) is 0 Å². The van der Waals surface area contributed by atoms with Gasteiger partial charge in [-0.25, -0.2) is 4.98 Å². The van der Waals surface area contributed by atoms with Crippen LogP contribution in [-0.2, 0) is 11.2 Å². The van der Waals surface area contributed by atoms with Crippen molar-refractivity contribution in [2.24, 2.45) is 0 Å². The van der Waals surface area contributed by atoms with Gasteiger partial charge in [-0.05, 0) is 36.2 Å². The predicted molar refractivity (Wildman–Crippen MR) is 86.8 cm³/mol. The smallest absolute Gasteiger partial charge is 0.225 e. The van der Waals surface area contributed by atoms with Gasteiger partial charge in [0.2, 0.25) is 5.91 Å². The number of rotatable bonds is 6.